The molecule has 4 nitrogen and oxygen atoms in total. The highest BCUT2D eigenvalue weighted by atomic mass is 19.4. The average molecular weight is 206 g/mol. The Hall–Kier alpha value is -1.66. The SMILES string of the molecule is CC(=O)Oc1ccnc(C(F)(F)F)n1. The van der Waals surface area contributed by atoms with E-state index in [0.29, 0.717) is 0 Å². The number of esters is 1. The van der Waals surface area contributed by atoms with Gasteiger partial charge in [-0.05, 0) is 0 Å². The fraction of sp³-hybridized carbons (Fsp3) is 0.286. The third kappa shape index (κ3) is 2.68. The zero-order chi connectivity index (χ0) is 10.8. The van der Waals surface area contributed by atoms with Gasteiger partial charge in [0.1, 0.15) is 0 Å². The first-order valence-electron chi connectivity index (χ1n) is 3.48. The van der Waals surface area contributed by atoms with E-state index in [1.165, 1.54) is 0 Å². The average Bonchev–Trinajstić information content (AvgIpc) is 2.01. The molecule has 0 saturated heterocycles. The normalized spacial score (nSPS) is 11.1. The van der Waals surface area contributed by atoms with Crippen molar-refractivity contribution in [2.24, 2.45) is 0 Å². The van der Waals surface area contributed by atoms with Gasteiger partial charge < -0.3 is 4.74 Å². The number of carbonyl (C=O) groups excluding carboxylic acids is 1. The van der Waals surface area contributed by atoms with Crippen LogP contribution in [0.4, 0.5) is 13.2 Å². The van der Waals surface area contributed by atoms with Gasteiger partial charge in [-0.15, -0.1) is 0 Å². The Labute approximate surface area is 76.7 Å². The van der Waals surface area contributed by atoms with Crippen molar-refractivity contribution in [3.8, 4) is 5.88 Å². The molecule has 0 fully saturated rings. The third-order valence-corrected chi connectivity index (χ3v) is 1.13. The molecule has 0 aliphatic heterocycles. The van der Waals surface area contributed by atoms with Crippen LogP contribution in [0.2, 0.25) is 0 Å². The van der Waals surface area contributed by atoms with Gasteiger partial charge >= 0.3 is 12.1 Å². The number of alkyl halides is 3. The highest BCUT2D eigenvalue weighted by Crippen LogP contribution is 2.26. The highest BCUT2D eigenvalue weighted by Gasteiger charge is 2.34. The Morgan fingerprint density at radius 3 is 2.64 bits per heavy atom. The molecule has 0 aliphatic rings. The number of halogens is 3. The summed E-state index contributed by atoms with van der Waals surface area (Å²) in [6.07, 6.45) is -3.77. The molecule has 14 heavy (non-hydrogen) atoms. The Balaban J connectivity index is 2.95. The molecule has 1 rings (SSSR count). The topological polar surface area (TPSA) is 52.1 Å². The number of nitrogens with zero attached hydrogens (tertiary/aromatic N) is 2. The molecule has 0 atom stereocenters. The lowest BCUT2D eigenvalue weighted by Crippen LogP contribution is -2.12. The summed E-state index contributed by atoms with van der Waals surface area (Å²) in [6, 6.07) is 1.07. The van der Waals surface area contributed by atoms with Crippen LogP contribution in [0.5, 0.6) is 5.88 Å². The molecule has 0 aliphatic carbocycles. The maximum atomic E-state index is 12.0. The molecule has 0 N–H and O–H groups in total. The predicted octanol–water partition coefficient (Wildman–Crippen LogP) is 1.42. The lowest BCUT2D eigenvalue weighted by molar-refractivity contribution is -0.146. The van der Waals surface area contributed by atoms with Gasteiger partial charge in [0.25, 0.3) is 0 Å². The first kappa shape index (κ1) is 10.4. The van der Waals surface area contributed by atoms with Crippen LogP contribution in [0.3, 0.4) is 0 Å². The van der Waals surface area contributed by atoms with E-state index < -0.39 is 23.8 Å². The van der Waals surface area contributed by atoms with Crippen molar-refractivity contribution in [1.82, 2.24) is 9.97 Å². The summed E-state index contributed by atoms with van der Waals surface area (Å²) in [4.78, 5) is 16.4. The van der Waals surface area contributed by atoms with Crippen molar-refractivity contribution >= 4 is 5.97 Å². The number of hydrogen-bond donors (Lipinski definition) is 0. The van der Waals surface area contributed by atoms with Crippen molar-refractivity contribution in [3.05, 3.63) is 18.1 Å². The van der Waals surface area contributed by atoms with E-state index in [0.717, 1.165) is 19.2 Å². The smallest absolute Gasteiger partial charge is 0.408 e. The number of ether oxygens (including phenoxy) is 1. The molecular formula is C7H5F3N2O2. The monoisotopic (exact) mass is 206 g/mol. The van der Waals surface area contributed by atoms with E-state index in [9.17, 15) is 18.0 Å². The summed E-state index contributed by atoms with van der Waals surface area (Å²) in [5.41, 5.74) is 0. The second-order valence-corrected chi connectivity index (χ2v) is 2.31. The quantitative estimate of drug-likeness (QED) is 0.652. The summed E-state index contributed by atoms with van der Waals surface area (Å²) >= 11 is 0. The Morgan fingerprint density at radius 1 is 1.50 bits per heavy atom. The number of carbonyl (C=O) groups is 1. The zero-order valence-electron chi connectivity index (χ0n) is 7.00. The van der Waals surface area contributed by atoms with Crippen molar-refractivity contribution in [2.75, 3.05) is 0 Å². The lowest BCUT2D eigenvalue weighted by atomic mass is 10.5. The lowest BCUT2D eigenvalue weighted by Gasteiger charge is -2.05. The molecule has 7 heteroatoms. The molecule has 1 aromatic rings. The van der Waals surface area contributed by atoms with Gasteiger partial charge in [-0.25, -0.2) is 4.98 Å². The van der Waals surface area contributed by atoms with Gasteiger partial charge in [-0.2, -0.15) is 18.2 Å². The van der Waals surface area contributed by atoms with Crippen LogP contribution in [0.15, 0.2) is 12.3 Å². The maximum absolute atomic E-state index is 12.0. The van der Waals surface area contributed by atoms with Crippen LogP contribution in [-0.2, 0) is 11.0 Å². The van der Waals surface area contributed by atoms with Crippen LogP contribution < -0.4 is 4.74 Å². The molecule has 1 aromatic heterocycles. The molecule has 0 amide bonds. The first-order chi connectivity index (χ1) is 6.39. The minimum atomic E-state index is -4.64. The second kappa shape index (κ2) is 3.60. The minimum Gasteiger partial charge on any atom is -0.408 e. The zero-order valence-corrected chi connectivity index (χ0v) is 7.00. The van der Waals surface area contributed by atoms with Gasteiger partial charge in [0.2, 0.25) is 11.7 Å². The molecule has 0 aromatic carbocycles. The summed E-state index contributed by atoms with van der Waals surface area (Å²) in [6.45, 7) is 1.06. The molecule has 0 unspecified atom stereocenters. The highest BCUT2D eigenvalue weighted by molar-refractivity contribution is 5.68. The van der Waals surface area contributed by atoms with E-state index in [4.69, 9.17) is 0 Å². The summed E-state index contributed by atoms with van der Waals surface area (Å²) in [5, 5.41) is 0. The molecule has 0 bridgehead atoms. The van der Waals surface area contributed by atoms with Crippen LogP contribution in [0.1, 0.15) is 12.7 Å². The van der Waals surface area contributed by atoms with Gasteiger partial charge in [-0.1, -0.05) is 0 Å². The maximum Gasteiger partial charge on any atom is 0.451 e. The number of rotatable bonds is 1. The van der Waals surface area contributed by atoms with Gasteiger partial charge in [0.15, 0.2) is 0 Å². The molecule has 1 heterocycles. The van der Waals surface area contributed by atoms with Gasteiger partial charge in [0, 0.05) is 19.2 Å². The van der Waals surface area contributed by atoms with Gasteiger partial charge in [-0.3, -0.25) is 4.79 Å². The third-order valence-electron chi connectivity index (χ3n) is 1.13. The molecule has 0 spiro atoms. The first-order valence-corrected chi connectivity index (χ1v) is 3.48. The molecule has 0 saturated carbocycles. The van der Waals surface area contributed by atoms with E-state index >= 15 is 0 Å². The largest absolute Gasteiger partial charge is 0.451 e. The van der Waals surface area contributed by atoms with Crippen molar-refractivity contribution in [2.45, 2.75) is 13.1 Å². The second-order valence-electron chi connectivity index (χ2n) is 2.31. The van der Waals surface area contributed by atoms with Crippen LogP contribution in [-0.4, -0.2) is 15.9 Å². The molecular weight excluding hydrogens is 201 g/mol. The van der Waals surface area contributed by atoms with Crippen molar-refractivity contribution in [3.63, 3.8) is 0 Å². The van der Waals surface area contributed by atoms with Crippen LogP contribution in [0, 0.1) is 0 Å². The molecule has 0 radical (unpaired) electrons. The van der Waals surface area contributed by atoms with E-state index in [2.05, 4.69) is 14.7 Å². The number of aromatic nitrogens is 2. The summed E-state index contributed by atoms with van der Waals surface area (Å²) < 4.78 is 40.5. The van der Waals surface area contributed by atoms with E-state index in [-0.39, 0.29) is 0 Å². The van der Waals surface area contributed by atoms with Crippen molar-refractivity contribution in [1.29, 1.82) is 0 Å². The van der Waals surface area contributed by atoms with Crippen molar-refractivity contribution < 1.29 is 22.7 Å². The van der Waals surface area contributed by atoms with Crippen LogP contribution in [0.25, 0.3) is 0 Å². The fourth-order valence-corrected chi connectivity index (χ4v) is 0.683. The predicted molar refractivity (Wildman–Crippen MR) is 38.3 cm³/mol. The molecule has 76 valence electrons. The van der Waals surface area contributed by atoms with Gasteiger partial charge in [0.05, 0.1) is 0 Å². The Bertz CT molecular complexity index is 351. The summed E-state index contributed by atoms with van der Waals surface area (Å²) in [7, 11) is 0. The van der Waals surface area contributed by atoms with E-state index in [1.54, 1.807) is 0 Å². The minimum absolute atomic E-state index is 0.417. The van der Waals surface area contributed by atoms with E-state index in [1.807, 2.05) is 0 Å². The Kier molecular flexibility index (Phi) is 2.68. The van der Waals surface area contributed by atoms with Crippen LogP contribution >= 0.6 is 0 Å². The number of hydrogen-bond acceptors (Lipinski definition) is 4. The fourth-order valence-electron chi connectivity index (χ4n) is 0.683. The standard InChI is InChI=1S/C7H5F3N2O2/c1-4(13)14-5-2-3-11-6(12-5)7(8,9)10/h2-3H,1H3. The Morgan fingerprint density at radius 2 is 2.14 bits per heavy atom. The summed E-state index contributed by atoms with van der Waals surface area (Å²) in [5.74, 6) is -2.49.